The standard InChI is InChI=1S/C19H19FN2O3S2/c1-13-18(26-19(22-13)14-6-4-3-5-7-14)10-11-21-27(23,24)15-8-9-17(25-2)16(20)12-15/h3-9,12,21H,10-11H2,1-2H3. The van der Waals surface area contributed by atoms with Crippen molar-refractivity contribution in [3.8, 4) is 16.3 Å². The Morgan fingerprint density at radius 3 is 2.59 bits per heavy atom. The van der Waals surface area contributed by atoms with Gasteiger partial charge in [-0.25, -0.2) is 22.5 Å². The Labute approximate surface area is 161 Å². The molecule has 0 unspecified atom stereocenters. The van der Waals surface area contributed by atoms with E-state index in [0.717, 1.165) is 27.2 Å². The number of ether oxygens (including phenoxy) is 1. The molecule has 3 rings (SSSR count). The van der Waals surface area contributed by atoms with Gasteiger partial charge >= 0.3 is 0 Å². The van der Waals surface area contributed by atoms with Gasteiger partial charge in [0, 0.05) is 17.0 Å². The number of nitrogens with one attached hydrogen (secondary N) is 1. The number of hydrogen-bond acceptors (Lipinski definition) is 5. The molecule has 1 N–H and O–H groups in total. The zero-order chi connectivity index (χ0) is 19.4. The van der Waals surface area contributed by atoms with Gasteiger partial charge in [0.2, 0.25) is 10.0 Å². The molecule has 1 heterocycles. The highest BCUT2D eigenvalue weighted by molar-refractivity contribution is 7.89. The first-order chi connectivity index (χ1) is 12.9. The van der Waals surface area contributed by atoms with Crippen molar-refractivity contribution in [1.82, 2.24) is 9.71 Å². The molecule has 0 spiro atoms. The summed E-state index contributed by atoms with van der Waals surface area (Å²) in [5, 5.41) is 0.906. The van der Waals surface area contributed by atoms with E-state index in [9.17, 15) is 12.8 Å². The number of hydrogen-bond donors (Lipinski definition) is 1. The van der Waals surface area contributed by atoms with E-state index in [4.69, 9.17) is 4.74 Å². The molecule has 2 aromatic carbocycles. The normalized spacial score (nSPS) is 11.5. The van der Waals surface area contributed by atoms with Gasteiger partial charge in [-0.3, -0.25) is 0 Å². The van der Waals surface area contributed by atoms with Crippen molar-refractivity contribution in [3.05, 3.63) is 64.9 Å². The van der Waals surface area contributed by atoms with Crippen molar-refractivity contribution in [1.29, 1.82) is 0 Å². The molecule has 0 bridgehead atoms. The molecule has 0 radical (unpaired) electrons. The summed E-state index contributed by atoms with van der Waals surface area (Å²) < 4.78 is 45.8. The van der Waals surface area contributed by atoms with Crippen LogP contribution in [0.15, 0.2) is 53.4 Å². The van der Waals surface area contributed by atoms with Crippen molar-refractivity contribution in [2.24, 2.45) is 0 Å². The van der Waals surface area contributed by atoms with Crippen LogP contribution in [0.1, 0.15) is 10.6 Å². The fourth-order valence-corrected chi connectivity index (χ4v) is 4.67. The van der Waals surface area contributed by atoms with Crippen molar-refractivity contribution >= 4 is 21.4 Å². The summed E-state index contributed by atoms with van der Waals surface area (Å²) in [6.07, 6.45) is 0.508. The number of nitrogens with zero attached hydrogens (tertiary/aromatic N) is 1. The van der Waals surface area contributed by atoms with Crippen LogP contribution in [0.25, 0.3) is 10.6 Å². The highest BCUT2D eigenvalue weighted by Crippen LogP contribution is 2.28. The second kappa shape index (κ2) is 8.16. The molecule has 0 saturated heterocycles. The van der Waals surface area contributed by atoms with Gasteiger partial charge < -0.3 is 4.74 Å². The van der Waals surface area contributed by atoms with Gasteiger partial charge in [0.15, 0.2) is 11.6 Å². The summed E-state index contributed by atoms with van der Waals surface area (Å²) in [5.74, 6) is -0.714. The Hall–Kier alpha value is -2.29. The van der Waals surface area contributed by atoms with Crippen LogP contribution >= 0.6 is 11.3 Å². The molecule has 0 amide bonds. The molecule has 0 atom stereocenters. The van der Waals surface area contributed by atoms with Gasteiger partial charge in [-0.05, 0) is 31.5 Å². The van der Waals surface area contributed by atoms with Crippen molar-refractivity contribution in [3.63, 3.8) is 0 Å². The second-order valence-electron chi connectivity index (χ2n) is 5.84. The number of halogens is 1. The molecular weight excluding hydrogens is 387 g/mol. The Bertz CT molecular complexity index is 1030. The molecule has 5 nitrogen and oxygen atoms in total. The third-order valence-corrected chi connectivity index (χ3v) is 6.72. The SMILES string of the molecule is COc1ccc(S(=O)(=O)NCCc2sc(-c3ccccc3)nc2C)cc1F. The fraction of sp³-hybridized carbons (Fsp3) is 0.211. The molecule has 8 heteroatoms. The lowest BCUT2D eigenvalue weighted by Crippen LogP contribution is -2.26. The molecular formula is C19H19FN2O3S2. The zero-order valence-electron chi connectivity index (χ0n) is 14.9. The minimum Gasteiger partial charge on any atom is -0.494 e. The summed E-state index contributed by atoms with van der Waals surface area (Å²) in [5.41, 5.74) is 1.92. The van der Waals surface area contributed by atoms with Crippen LogP contribution in [-0.2, 0) is 16.4 Å². The van der Waals surface area contributed by atoms with Crippen LogP contribution < -0.4 is 9.46 Å². The summed E-state index contributed by atoms with van der Waals surface area (Å²) >= 11 is 1.54. The molecule has 0 fully saturated rings. The maximum absolute atomic E-state index is 13.8. The lowest BCUT2D eigenvalue weighted by atomic mass is 10.2. The average Bonchev–Trinajstić information content (AvgIpc) is 3.03. The van der Waals surface area contributed by atoms with Gasteiger partial charge in [0.25, 0.3) is 0 Å². The molecule has 0 aliphatic heterocycles. The molecule has 1 aromatic heterocycles. The summed E-state index contributed by atoms with van der Waals surface area (Å²) in [7, 11) is -2.47. The molecule has 142 valence electrons. The number of thiazole rings is 1. The predicted octanol–water partition coefficient (Wildman–Crippen LogP) is 3.79. The van der Waals surface area contributed by atoms with Crippen LogP contribution in [0.3, 0.4) is 0 Å². The monoisotopic (exact) mass is 406 g/mol. The zero-order valence-corrected chi connectivity index (χ0v) is 16.5. The number of aromatic nitrogens is 1. The number of methoxy groups -OCH3 is 1. The van der Waals surface area contributed by atoms with Crippen molar-refractivity contribution in [2.75, 3.05) is 13.7 Å². The van der Waals surface area contributed by atoms with E-state index in [2.05, 4.69) is 9.71 Å². The largest absolute Gasteiger partial charge is 0.494 e. The Kier molecular flexibility index (Phi) is 5.88. The number of rotatable bonds is 7. The number of aryl methyl sites for hydroxylation is 1. The number of sulfonamides is 1. The van der Waals surface area contributed by atoms with Gasteiger partial charge in [-0.1, -0.05) is 30.3 Å². The Morgan fingerprint density at radius 1 is 1.19 bits per heavy atom. The minimum atomic E-state index is -3.80. The molecule has 3 aromatic rings. The van der Waals surface area contributed by atoms with Crippen LogP contribution in [0, 0.1) is 12.7 Å². The highest BCUT2D eigenvalue weighted by Gasteiger charge is 2.17. The fourth-order valence-electron chi connectivity index (χ4n) is 2.56. The van der Waals surface area contributed by atoms with Crippen LogP contribution in [0.4, 0.5) is 4.39 Å². The van der Waals surface area contributed by atoms with Gasteiger partial charge in [-0.15, -0.1) is 11.3 Å². The average molecular weight is 407 g/mol. The van der Waals surface area contributed by atoms with E-state index in [0.29, 0.717) is 6.42 Å². The van der Waals surface area contributed by atoms with E-state index in [1.165, 1.54) is 19.2 Å². The van der Waals surface area contributed by atoms with Crippen LogP contribution in [-0.4, -0.2) is 27.1 Å². The van der Waals surface area contributed by atoms with Crippen LogP contribution in [0.5, 0.6) is 5.75 Å². The van der Waals surface area contributed by atoms with E-state index < -0.39 is 15.8 Å². The van der Waals surface area contributed by atoms with Crippen molar-refractivity contribution in [2.45, 2.75) is 18.2 Å². The Balaban J connectivity index is 1.67. The van der Waals surface area contributed by atoms with E-state index in [1.54, 1.807) is 11.3 Å². The second-order valence-corrected chi connectivity index (χ2v) is 8.69. The third kappa shape index (κ3) is 4.52. The number of benzene rings is 2. The first-order valence-corrected chi connectivity index (χ1v) is 10.6. The van der Waals surface area contributed by atoms with Gasteiger partial charge in [0.05, 0.1) is 17.7 Å². The van der Waals surface area contributed by atoms with Crippen LogP contribution in [0.2, 0.25) is 0 Å². The van der Waals surface area contributed by atoms with E-state index in [-0.39, 0.29) is 17.2 Å². The molecule has 0 aliphatic rings. The Morgan fingerprint density at radius 2 is 1.93 bits per heavy atom. The summed E-state index contributed by atoms with van der Waals surface area (Å²) in [6, 6.07) is 13.4. The minimum absolute atomic E-state index is 0.00248. The van der Waals surface area contributed by atoms with Crippen molar-refractivity contribution < 1.29 is 17.5 Å². The lowest BCUT2D eigenvalue weighted by molar-refractivity contribution is 0.385. The van der Waals surface area contributed by atoms with Gasteiger partial charge in [0.1, 0.15) is 5.01 Å². The quantitative estimate of drug-likeness (QED) is 0.648. The van der Waals surface area contributed by atoms with Gasteiger partial charge in [-0.2, -0.15) is 0 Å². The predicted molar refractivity (Wildman–Crippen MR) is 104 cm³/mol. The lowest BCUT2D eigenvalue weighted by Gasteiger charge is -2.08. The molecule has 27 heavy (non-hydrogen) atoms. The highest BCUT2D eigenvalue weighted by atomic mass is 32.2. The smallest absolute Gasteiger partial charge is 0.240 e. The molecule has 0 aliphatic carbocycles. The first-order valence-electron chi connectivity index (χ1n) is 8.25. The molecule has 0 saturated carbocycles. The maximum atomic E-state index is 13.8. The summed E-state index contributed by atoms with van der Waals surface area (Å²) in [4.78, 5) is 5.44. The summed E-state index contributed by atoms with van der Waals surface area (Å²) in [6.45, 7) is 2.11. The maximum Gasteiger partial charge on any atom is 0.240 e. The van der Waals surface area contributed by atoms with E-state index >= 15 is 0 Å². The third-order valence-electron chi connectivity index (χ3n) is 3.99. The first kappa shape index (κ1) is 19.5. The topological polar surface area (TPSA) is 68.3 Å². The van der Waals surface area contributed by atoms with E-state index in [1.807, 2.05) is 37.3 Å².